The van der Waals surface area contributed by atoms with E-state index >= 15 is 0 Å². The Morgan fingerprint density at radius 3 is 2.59 bits per heavy atom. The summed E-state index contributed by atoms with van der Waals surface area (Å²) < 4.78 is 19.0. The maximum Gasteiger partial charge on any atom is 0.260 e. The smallest absolute Gasteiger partial charge is 0.260 e. The lowest BCUT2D eigenvalue weighted by Crippen LogP contribution is -2.26. The van der Waals surface area contributed by atoms with Crippen molar-refractivity contribution in [1.82, 2.24) is 4.98 Å². The van der Waals surface area contributed by atoms with E-state index in [2.05, 4.69) is 4.98 Å². The molecular formula is C22H17FN2O2. The molecule has 0 aliphatic carbocycles. The summed E-state index contributed by atoms with van der Waals surface area (Å²) in [4.78, 5) is 19.0. The summed E-state index contributed by atoms with van der Waals surface area (Å²) in [5.41, 5.74) is 1.54. The summed E-state index contributed by atoms with van der Waals surface area (Å²) >= 11 is 0. The molecule has 0 fully saturated rings. The Morgan fingerprint density at radius 2 is 1.81 bits per heavy atom. The van der Waals surface area contributed by atoms with E-state index < -0.39 is 5.82 Å². The molecule has 4 rings (SSSR count). The molecule has 0 aliphatic heterocycles. The number of nitrogens with zero attached hydrogens (tertiary/aromatic N) is 2. The average Bonchev–Trinajstić information content (AvgIpc) is 2.72. The zero-order valence-corrected chi connectivity index (χ0v) is 14.9. The first-order chi connectivity index (χ1) is 13.1. The van der Waals surface area contributed by atoms with E-state index in [1.807, 2.05) is 42.5 Å². The minimum Gasteiger partial charge on any atom is -0.494 e. The number of methoxy groups -OCH3 is 1. The van der Waals surface area contributed by atoms with E-state index in [9.17, 15) is 9.18 Å². The van der Waals surface area contributed by atoms with Crippen molar-refractivity contribution in [2.75, 3.05) is 19.1 Å². The van der Waals surface area contributed by atoms with Gasteiger partial charge in [-0.15, -0.1) is 0 Å². The van der Waals surface area contributed by atoms with Gasteiger partial charge in [-0.25, -0.2) is 4.39 Å². The number of anilines is 1. The molecule has 0 atom stereocenters. The Hall–Kier alpha value is -3.47. The lowest BCUT2D eigenvalue weighted by Gasteiger charge is -2.19. The normalized spacial score (nSPS) is 10.9. The van der Waals surface area contributed by atoms with Gasteiger partial charge in [0.15, 0.2) is 11.6 Å². The Morgan fingerprint density at radius 1 is 1.04 bits per heavy atom. The largest absolute Gasteiger partial charge is 0.494 e. The highest BCUT2D eigenvalue weighted by Gasteiger charge is 2.19. The summed E-state index contributed by atoms with van der Waals surface area (Å²) in [5, 5.41) is 2.90. The van der Waals surface area contributed by atoms with E-state index in [0.717, 1.165) is 16.2 Å². The molecular weight excluding hydrogens is 343 g/mol. The lowest BCUT2D eigenvalue weighted by molar-refractivity contribution is 0.0994. The van der Waals surface area contributed by atoms with Crippen molar-refractivity contribution in [3.8, 4) is 5.75 Å². The van der Waals surface area contributed by atoms with Crippen LogP contribution in [0.5, 0.6) is 5.75 Å². The van der Waals surface area contributed by atoms with Crippen molar-refractivity contribution < 1.29 is 13.9 Å². The molecule has 1 aromatic heterocycles. The molecule has 0 bridgehead atoms. The zero-order valence-electron chi connectivity index (χ0n) is 14.9. The van der Waals surface area contributed by atoms with Crippen LogP contribution in [0.3, 0.4) is 0 Å². The molecule has 5 heteroatoms. The molecule has 134 valence electrons. The number of carbonyl (C=O) groups is 1. The summed E-state index contributed by atoms with van der Waals surface area (Å²) in [6, 6.07) is 17.9. The van der Waals surface area contributed by atoms with Crippen LogP contribution in [0.1, 0.15) is 10.4 Å². The molecule has 4 aromatic rings. The molecule has 27 heavy (non-hydrogen) atoms. The maximum absolute atomic E-state index is 14.1. The lowest BCUT2D eigenvalue weighted by atomic mass is 10.00. The van der Waals surface area contributed by atoms with Gasteiger partial charge in [0.25, 0.3) is 5.91 Å². The van der Waals surface area contributed by atoms with Crippen LogP contribution in [0.2, 0.25) is 0 Å². The Balaban J connectivity index is 1.85. The molecule has 3 aromatic carbocycles. The van der Waals surface area contributed by atoms with Crippen molar-refractivity contribution in [3.05, 3.63) is 78.2 Å². The quantitative estimate of drug-likeness (QED) is 0.492. The van der Waals surface area contributed by atoms with Gasteiger partial charge in [0, 0.05) is 30.4 Å². The molecule has 0 saturated heterocycles. The molecule has 0 spiro atoms. The minimum atomic E-state index is -0.517. The average molecular weight is 360 g/mol. The van der Waals surface area contributed by atoms with Crippen LogP contribution in [0.25, 0.3) is 21.7 Å². The standard InChI is InChI=1S/C22H17FN2O2/c1-25(15-9-10-20(27-2)19(23)13-15)22(26)18-12-14-6-3-4-7-16(14)17-8-5-11-24-21(17)18/h3-13H,1-2H3. The molecule has 1 heterocycles. The number of fused-ring (bicyclic) bond motifs is 3. The summed E-state index contributed by atoms with van der Waals surface area (Å²) in [6.45, 7) is 0. The Bertz CT molecular complexity index is 1170. The first kappa shape index (κ1) is 17.0. The second-order valence-corrected chi connectivity index (χ2v) is 6.23. The molecule has 0 unspecified atom stereocenters. The monoisotopic (exact) mass is 360 g/mol. The van der Waals surface area contributed by atoms with Crippen LogP contribution in [0.15, 0.2) is 66.9 Å². The van der Waals surface area contributed by atoms with Crippen molar-refractivity contribution in [3.63, 3.8) is 0 Å². The summed E-state index contributed by atoms with van der Waals surface area (Å²) in [5.74, 6) is -0.636. The van der Waals surface area contributed by atoms with Crippen LogP contribution < -0.4 is 9.64 Å². The van der Waals surface area contributed by atoms with Crippen LogP contribution in [-0.2, 0) is 0 Å². The predicted octanol–water partition coefficient (Wildman–Crippen LogP) is 4.81. The van der Waals surface area contributed by atoms with Crippen molar-refractivity contribution in [2.45, 2.75) is 0 Å². The first-order valence-corrected chi connectivity index (χ1v) is 8.48. The first-order valence-electron chi connectivity index (χ1n) is 8.48. The number of ether oxygens (including phenoxy) is 1. The number of aromatic nitrogens is 1. The molecule has 0 N–H and O–H groups in total. The number of hydrogen-bond acceptors (Lipinski definition) is 3. The van der Waals surface area contributed by atoms with Crippen molar-refractivity contribution in [2.24, 2.45) is 0 Å². The molecule has 0 radical (unpaired) electrons. The highest BCUT2D eigenvalue weighted by atomic mass is 19.1. The van der Waals surface area contributed by atoms with Crippen LogP contribution in [0.4, 0.5) is 10.1 Å². The second-order valence-electron chi connectivity index (χ2n) is 6.23. The van der Waals surface area contributed by atoms with Crippen LogP contribution in [0, 0.1) is 5.82 Å². The SMILES string of the molecule is COc1ccc(N(C)C(=O)c2cc3ccccc3c3cccnc23)cc1F. The van der Waals surface area contributed by atoms with Crippen molar-refractivity contribution >= 4 is 33.3 Å². The third-order valence-electron chi connectivity index (χ3n) is 4.67. The van der Waals surface area contributed by atoms with E-state index in [1.54, 1.807) is 19.3 Å². The fourth-order valence-electron chi connectivity index (χ4n) is 3.25. The number of carbonyl (C=O) groups excluding carboxylic acids is 1. The topological polar surface area (TPSA) is 42.4 Å². The van der Waals surface area contributed by atoms with Gasteiger partial charge in [0.05, 0.1) is 18.2 Å². The highest BCUT2D eigenvalue weighted by molar-refractivity contribution is 6.19. The third kappa shape index (κ3) is 2.87. The highest BCUT2D eigenvalue weighted by Crippen LogP contribution is 2.29. The van der Waals surface area contributed by atoms with Gasteiger partial charge in [-0.3, -0.25) is 9.78 Å². The van der Waals surface area contributed by atoms with Gasteiger partial charge in [-0.05, 0) is 35.0 Å². The van der Waals surface area contributed by atoms with E-state index in [1.165, 1.54) is 24.1 Å². The number of hydrogen-bond donors (Lipinski definition) is 0. The fraction of sp³-hybridized carbons (Fsp3) is 0.0909. The second kappa shape index (κ2) is 6.68. The third-order valence-corrected chi connectivity index (χ3v) is 4.67. The predicted molar refractivity (Wildman–Crippen MR) is 105 cm³/mol. The van der Waals surface area contributed by atoms with Gasteiger partial charge < -0.3 is 9.64 Å². The number of amides is 1. The zero-order chi connectivity index (χ0) is 19.0. The van der Waals surface area contributed by atoms with Gasteiger partial charge in [-0.2, -0.15) is 0 Å². The van der Waals surface area contributed by atoms with E-state index in [4.69, 9.17) is 4.74 Å². The number of benzene rings is 3. The van der Waals surface area contributed by atoms with Crippen LogP contribution >= 0.6 is 0 Å². The van der Waals surface area contributed by atoms with Gasteiger partial charge in [0.1, 0.15) is 0 Å². The summed E-state index contributed by atoms with van der Waals surface area (Å²) in [6.07, 6.45) is 1.67. The van der Waals surface area contributed by atoms with Crippen molar-refractivity contribution in [1.29, 1.82) is 0 Å². The fourth-order valence-corrected chi connectivity index (χ4v) is 3.25. The molecule has 0 saturated carbocycles. The van der Waals surface area contributed by atoms with Gasteiger partial charge in [0.2, 0.25) is 0 Å². The maximum atomic E-state index is 14.1. The van der Waals surface area contributed by atoms with E-state index in [-0.39, 0.29) is 11.7 Å². The van der Waals surface area contributed by atoms with E-state index in [0.29, 0.717) is 16.8 Å². The summed E-state index contributed by atoms with van der Waals surface area (Å²) in [7, 11) is 3.02. The molecule has 4 nitrogen and oxygen atoms in total. The molecule has 0 aliphatic rings. The number of rotatable bonds is 3. The Labute approximate surface area is 155 Å². The Kier molecular flexibility index (Phi) is 4.20. The minimum absolute atomic E-state index is 0.137. The molecule has 1 amide bonds. The van der Waals surface area contributed by atoms with Gasteiger partial charge in [-0.1, -0.05) is 30.3 Å². The number of pyridine rings is 1. The van der Waals surface area contributed by atoms with Crippen LogP contribution in [-0.4, -0.2) is 25.0 Å². The number of halogens is 1. The van der Waals surface area contributed by atoms with Gasteiger partial charge >= 0.3 is 0 Å².